The van der Waals surface area contributed by atoms with Crippen LogP contribution < -0.4 is 0 Å². The van der Waals surface area contributed by atoms with Crippen molar-refractivity contribution in [1.82, 2.24) is 0 Å². The van der Waals surface area contributed by atoms with E-state index in [9.17, 15) is 18.7 Å². The molecule has 4 heteroatoms. The van der Waals surface area contributed by atoms with Crippen LogP contribution >= 0.6 is 0 Å². The zero-order chi connectivity index (χ0) is 18.3. The van der Waals surface area contributed by atoms with Gasteiger partial charge in [-0.05, 0) is 55.8 Å². The number of carbonyl (C=O) groups is 1. The van der Waals surface area contributed by atoms with Gasteiger partial charge in [0.05, 0.1) is 5.92 Å². The van der Waals surface area contributed by atoms with Crippen LogP contribution in [0.5, 0.6) is 0 Å². The number of aliphatic carboxylic acids is 1. The van der Waals surface area contributed by atoms with Gasteiger partial charge in [-0.3, -0.25) is 4.79 Å². The third-order valence-corrected chi connectivity index (χ3v) is 7.07. The van der Waals surface area contributed by atoms with Crippen molar-refractivity contribution >= 4 is 5.97 Å². The molecule has 0 radical (unpaired) electrons. The zero-order valence-electron chi connectivity index (χ0n) is 15.8. The van der Waals surface area contributed by atoms with E-state index in [2.05, 4.69) is 6.92 Å². The van der Waals surface area contributed by atoms with Gasteiger partial charge in [-0.1, -0.05) is 51.9 Å². The molecule has 0 bridgehead atoms. The molecule has 0 heterocycles. The molecule has 1 N–H and O–H groups in total. The van der Waals surface area contributed by atoms with Crippen molar-refractivity contribution in [3.05, 3.63) is 0 Å². The molecule has 0 unspecified atom stereocenters. The lowest BCUT2D eigenvalue weighted by molar-refractivity contribution is -0.144. The molecule has 2 saturated carbocycles. The summed E-state index contributed by atoms with van der Waals surface area (Å²) in [7, 11) is 0. The van der Waals surface area contributed by atoms with E-state index in [1.165, 1.54) is 44.9 Å². The number of rotatable bonds is 9. The van der Waals surface area contributed by atoms with E-state index in [4.69, 9.17) is 0 Å². The van der Waals surface area contributed by atoms with Crippen molar-refractivity contribution in [2.24, 2.45) is 23.2 Å². The second kappa shape index (κ2) is 9.87. The van der Waals surface area contributed by atoms with Crippen LogP contribution in [0.2, 0.25) is 0 Å². The predicted molar refractivity (Wildman–Crippen MR) is 96.9 cm³/mol. The highest BCUT2D eigenvalue weighted by Gasteiger charge is 2.45. The summed E-state index contributed by atoms with van der Waals surface area (Å²) in [4.78, 5) is 11.2. The number of hydrogen-bond acceptors (Lipinski definition) is 1. The van der Waals surface area contributed by atoms with Gasteiger partial charge < -0.3 is 5.11 Å². The molecule has 0 aromatic heterocycles. The van der Waals surface area contributed by atoms with Gasteiger partial charge in [0.2, 0.25) is 6.43 Å². The molecule has 0 aromatic rings. The van der Waals surface area contributed by atoms with Crippen LogP contribution in [0.25, 0.3) is 0 Å². The Morgan fingerprint density at radius 3 is 2.20 bits per heavy atom. The predicted octanol–water partition coefficient (Wildman–Crippen LogP) is 6.68. The Labute approximate surface area is 151 Å². The fraction of sp³-hybridized carbons (Fsp3) is 0.952. The van der Waals surface area contributed by atoms with Crippen LogP contribution in [0, 0.1) is 23.2 Å². The van der Waals surface area contributed by atoms with Gasteiger partial charge in [0, 0.05) is 6.42 Å². The quantitative estimate of drug-likeness (QED) is 0.467. The summed E-state index contributed by atoms with van der Waals surface area (Å²) in [5.74, 6) is 0.0948. The molecule has 0 amide bonds. The SMILES string of the molecule is CCCCCCC1CCC([C@]2(CC(F)F)CC[C@@H](C(=O)O)CC2)CC1. The van der Waals surface area contributed by atoms with Gasteiger partial charge in [0.25, 0.3) is 0 Å². The van der Waals surface area contributed by atoms with Gasteiger partial charge in [0.15, 0.2) is 0 Å². The number of halogens is 2. The number of carboxylic acids is 1. The molecular formula is C21H36F2O2. The first kappa shape index (κ1) is 20.6. The molecule has 2 aliphatic rings. The molecule has 2 aliphatic carbocycles. The average molecular weight is 359 g/mol. The van der Waals surface area contributed by atoms with Gasteiger partial charge in [-0.2, -0.15) is 0 Å². The van der Waals surface area contributed by atoms with Crippen molar-refractivity contribution in [1.29, 1.82) is 0 Å². The first-order chi connectivity index (χ1) is 12.0. The van der Waals surface area contributed by atoms with Crippen LogP contribution in [0.3, 0.4) is 0 Å². The summed E-state index contributed by atoms with van der Waals surface area (Å²) < 4.78 is 26.5. The second-order valence-corrected chi connectivity index (χ2v) is 8.64. The van der Waals surface area contributed by atoms with Crippen molar-refractivity contribution in [3.8, 4) is 0 Å². The Morgan fingerprint density at radius 2 is 1.68 bits per heavy atom. The average Bonchev–Trinajstić information content (AvgIpc) is 2.59. The van der Waals surface area contributed by atoms with Crippen molar-refractivity contribution < 1.29 is 18.7 Å². The van der Waals surface area contributed by atoms with Gasteiger partial charge in [-0.15, -0.1) is 0 Å². The summed E-state index contributed by atoms with van der Waals surface area (Å²) in [6.07, 6.45) is 11.3. The molecular weight excluding hydrogens is 322 g/mol. The maximum absolute atomic E-state index is 13.3. The summed E-state index contributed by atoms with van der Waals surface area (Å²) in [6, 6.07) is 0. The second-order valence-electron chi connectivity index (χ2n) is 8.64. The zero-order valence-corrected chi connectivity index (χ0v) is 15.8. The highest BCUT2D eigenvalue weighted by Crippen LogP contribution is 2.53. The number of carboxylic acid groups (broad SMARTS) is 1. The smallest absolute Gasteiger partial charge is 0.306 e. The monoisotopic (exact) mass is 358 g/mol. The van der Waals surface area contributed by atoms with Crippen LogP contribution in [-0.2, 0) is 4.79 Å². The molecule has 0 spiro atoms. The molecule has 2 rings (SSSR count). The third kappa shape index (κ3) is 5.92. The van der Waals surface area contributed by atoms with Crippen molar-refractivity contribution in [3.63, 3.8) is 0 Å². The van der Waals surface area contributed by atoms with E-state index >= 15 is 0 Å². The third-order valence-electron chi connectivity index (χ3n) is 7.07. The minimum Gasteiger partial charge on any atom is -0.481 e. The number of alkyl halides is 2. The van der Waals surface area contributed by atoms with E-state index in [1.54, 1.807) is 0 Å². The van der Waals surface area contributed by atoms with E-state index < -0.39 is 12.4 Å². The molecule has 0 aromatic carbocycles. The van der Waals surface area contributed by atoms with Crippen LogP contribution in [0.15, 0.2) is 0 Å². The standard InChI is InChI=1S/C21H36F2O2/c1-2-3-4-5-6-16-7-9-18(10-8-16)21(15-19(22)23)13-11-17(12-14-21)20(24)25/h16-19H,2-15H2,1H3,(H,24,25)/t16?,17-,18?,21-. The topological polar surface area (TPSA) is 37.3 Å². The Kier molecular flexibility index (Phi) is 8.15. The molecule has 146 valence electrons. The summed E-state index contributed by atoms with van der Waals surface area (Å²) in [5.41, 5.74) is -0.298. The van der Waals surface area contributed by atoms with E-state index in [1.807, 2.05) is 0 Å². The molecule has 2 nitrogen and oxygen atoms in total. The fourth-order valence-corrected chi connectivity index (χ4v) is 5.45. The summed E-state index contributed by atoms with van der Waals surface area (Å²) >= 11 is 0. The van der Waals surface area contributed by atoms with Gasteiger partial charge in [-0.25, -0.2) is 8.78 Å². The maximum Gasteiger partial charge on any atom is 0.306 e. The number of hydrogen-bond donors (Lipinski definition) is 1. The lowest BCUT2D eigenvalue weighted by atomic mass is 9.57. The van der Waals surface area contributed by atoms with Gasteiger partial charge in [0.1, 0.15) is 0 Å². The van der Waals surface area contributed by atoms with E-state index in [0.29, 0.717) is 31.6 Å². The molecule has 2 fully saturated rings. The van der Waals surface area contributed by atoms with Crippen LogP contribution in [0.1, 0.15) is 96.8 Å². The minimum atomic E-state index is -2.27. The molecule has 0 atom stereocenters. The highest BCUT2D eigenvalue weighted by molar-refractivity contribution is 5.70. The maximum atomic E-state index is 13.3. The number of unbranched alkanes of at least 4 members (excludes halogenated alkanes) is 3. The van der Waals surface area contributed by atoms with Gasteiger partial charge >= 0.3 is 5.97 Å². The molecule has 25 heavy (non-hydrogen) atoms. The first-order valence-corrected chi connectivity index (χ1v) is 10.5. The van der Waals surface area contributed by atoms with Crippen molar-refractivity contribution in [2.75, 3.05) is 0 Å². The Hall–Kier alpha value is -0.670. The van der Waals surface area contributed by atoms with E-state index in [-0.39, 0.29) is 17.8 Å². The minimum absolute atomic E-state index is 0.0226. The fourth-order valence-electron chi connectivity index (χ4n) is 5.45. The van der Waals surface area contributed by atoms with E-state index in [0.717, 1.165) is 18.8 Å². The highest BCUT2D eigenvalue weighted by atomic mass is 19.3. The molecule has 0 saturated heterocycles. The first-order valence-electron chi connectivity index (χ1n) is 10.5. The Morgan fingerprint density at radius 1 is 1.04 bits per heavy atom. The largest absolute Gasteiger partial charge is 0.481 e. The Bertz CT molecular complexity index is 395. The summed E-state index contributed by atoms with van der Waals surface area (Å²) in [6.45, 7) is 2.23. The summed E-state index contributed by atoms with van der Waals surface area (Å²) in [5, 5.41) is 9.21. The lowest BCUT2D eigenvalue weighted by Crippen LogP contribution is -2.40. The normalized spacial score (nSPS) is 33.5. The van der Waals surface area contributed by atoms with Crippen LogP contribution in [-0.4, -0.2) is 17.5 Å². The molecule has 0 aliphatic heterocycles. The Balaban J connectivity index is 1.87. The van der Waals surface area contributed by atoms with Crippen LogP contribution in [0.4, 0.5) is 8.78 Å². The van der Waals surface area contributed by atoms with Crippen molar-refractivity contribution in [2.45, 2.75) is 103 Å². The lowest BCUT2D eigenvalue weighted by Gasteiger charge is -2.47.